The lowest BCUT2D eigenvalue weighted by molar-refractivity contribution is 0.0999. The molecule has 0 saturated carbocycles. The number of halogens is 2. The minimum Gasteiger partial charge on any atom is -0.277 e. The van der Waals surface area contributed by atoms with Crippen LogP contribution in [0.25, 0.3) is 0 Å². The van der Waals surface area contributed by atoms with E-state index < -0.39 is 0 Å². The highest BCUT2D eigenvalue weighted by Gasteiger charge is 2.19. The van der Waals surface area contributed by atoms with Crippen LogP contribution in [0.5, 0.6) is 0 Å². The van der Waals surface area contributed by atoms with Gasteiger partial charge in [0.05, 0.1) is 0 Å². The molecule has 0 heterocycles. The second-order valence-corrected chi connectivity index (χ2v) is 6.79. The van der Waals surface area contributed by atoms with Gasteiger partial charge in [-0.15, -0.1) is 0 Å². The summed E-state index contributed by atoms with van der Waals surface area (Å²) in [7, 11) is 0. The third-order valence-electron chi connectivity index (χ3n) is 3.39. The van der Waals surface area contributed by atoms with Crippen molar-refractivity contribution in [3.8, 4) is 0 Å². The Bertz CT molecular complexity index is 754. The number of amides is 1. The van der Waals surface area contributed by atoms with Crippen LogP contribution in [0, 0.1) is 0 Å². The quantitative estimate of drug-likeness (QED) is 0.485. The van der Waals surface area contributed by atoms with Crippen molar-refractivity contribution >= 4 is 49.1 Å². The lowest BCUT2D eigenvalue weighted by atomic mass is 10.1. The SMILES string of the molecule is O=C(c1ccccc1)N(c1ccc(Br)cc1)c1ccc(Br)cc1. The first-order valence-electron chi connectivity index (χ1n) is 7.06. The van der Waals surface area contributed by atoms with Crippen molar-refractivity contribution in [2.75, 3.05) is 4.90 Å². The molecule has 0 saturated heterocycles. The summed E-state index contributed by atoms with van der Waals surface area (Å²) in [5.41, 5.74) is 2.30. The highest BCUT2D eigenvalue weighted by atomic mass is 79.9. The van der Waals surface area contributed by atoms with Crippen molar-refractivity contribution in [2.24, 2.45) is 0 Å². The molecule has 0 aromatic heterocycles. The first kappa shape index (κ1) is 16.0. The molecule has 0 unspecified atom stereocenters. The topological polar surface area (TPSA) is 20.3 Å². The normalized spacial score (nSPS) is 10.3. The van der Waals surface area contributed by atoms with Crippen molar-refractivity contribution in [3.63, 3.8) is 0 Å². The van der Waals surface area contributed by atoms with Crippen LogP contribution in [-0.4, -0.2) is 5.91 Å². The van der Waals surface area contributed by atoms with Gasteiger partial charge in [-0.25, -0.2) is 0 Å². The zero-order chi connectivity index (χ0) is 16.2. The van der Waals surface area contributed by atoms with E-state index in [-0.39, 0.29) is 5.91 Å². The Hall–Kier alpha value is -1.91. The summed E-state index contributed by atoms with van der Waals surface area (Å²) in [6.07, 6.45) is 0. The first-order valence-corrected chi connectivity index (χ1v) is 8.64. The Morgan fingerprint density at radius 2 is 1.09 bits per heavy atom. The molecular formula is C19H13Br2NO. The maximum Gasteiger partial charge on any atom is 0.262 e. The van der Waals surface area contributed by atoms with Gasteiger partial charge in [-0.05, 0) is 60.7 Å². The lowest BCUT2D eigenvalue weighted by Crippen LogP contribution is -2.25. The highest BCUT2D eigenvalue weighted by molar-refractivity contribution is 9.10. The smallest absolute Gasteiger partial charge is 0.262 e. The molecule has 4 heteroatoms. The summed E-state index contributed by atoms with van der Waals surface area (Å²) in [4.78, 5) is 14.7. The number of nitrogens with zero attached hydrogens (tertiary/aromatic N) is 1. The van der Waals surface area contributed by atoms with Gasteiger partial charge in [0.1, 0.15) is 0 Å². The summed E-state index contributed by atoms with van der Waals surface area (Å²) in [6.45, 7) is 0. The van der Waals surface area contributed by atoms with Crippen LogP contribution >= 0.6 is 31.9 Å². The van der Waals surface area contributed by atoms with Crippen LogP contribution < -0.4 is 4.90 Å². The van der Waals surface area contributed by atoms with E-state index in [4.69, 9.17) is 0 Å². The minimum atomic E-state index is -0.0600. The maximum absolute atomic E-state index is 13.0. The number of hydrogen-bond donors (Lipinski definition) is 0. The van der Waals surface area contributed by atoms with Gasteiger partial charge in [0.15, 0.2) is 0 Å². The van der Waals surface area contributed by atoms with Gasteiger partial charge in [0.2, 0.25) is 0 Å². The zero-order valence-electron chi connectivity index (χ0n) is 12.1. The highest BCUT2D eigenvalue weighted by Crippen LogP contribution is 2.29. The van der Waals surface area contributed by atoms with E-state index in [1.165, 1.54) is 0 Å². The van der Waals surface area contributed by atoms with Crippen LogP contribution in [0.4, 0.5) is 11.4 Å². The summed E-state index contributed by atoms with van der Waals surface area (Å²) in [5.74, 6) is -0.0600. The van der Waals surface area contributed by atoms with Crippen molar-refractivity contribution < 1.29 is 4.79 Å². The molecule has 0 atom stereocenters. The zero-order valence-corrected chi connectivity index (χ0v) is 15.3. The van der Waals surface area contributed by atoms with Crippen molar-refractivity contribution in [2.45, 2.75) is 0 Å². The molecule has 3 aromatic rings. The van der Waals surface area contributed by atoms with Gasteiger partial charge in [0, 0.05) is 25.9 Å². The van der Waals surface area contributed by atoms with Gasteiger partial charge < -0.3 is 0 Å². The molecule has 1 amide bonds. The van der Waals surface area contributed by atoms with Gasteiger partial charge in [-0.2, -0.15) is 0 Å². The molecule has 3 aromatic carbocycles. The van der Waals surface area contributed by atoms with Crippen molar-refractivity contribution in [1.29, 1.82) is 0 Å². The van der Waals surface area contributed by atoms with E-state index in [0.29, 0.717) is 5.56 Å². The third kappa shape index (κ3) is 3.71. The molecule has 3 rings (SSSR count). The second-order valence-electron chi connectivity index (χ2n) is 4.96. The fraction of sp³-hybridized carbons (Fsp3) is 0. The average molecular weight is 431 g/mol. The van der Waals surface area contributed by atoms with Crippen LogP contribution in [0.3, 0.4) is 0 Å². The Labute approximate surface area is 152 Å². The first-order chi connectivity index (χ1) is 11.1. The molecule has 2 nitrogen and oxygen atoms in total. The largest absolute Gasteiger partial charge is 0.277 e. The number of hydrogen-bond acceptors (Lipinski definition) is 1. The predicted octanol–water partition coefficient (Wildman–Crippen LogP) is 6.19. The van der Waals surface area contributed by atoms with Crippen LogP contribution in [0.2, 0.25) is 0 Å². The van der Waals surface area contributed by atoms with Gasteiger partial charge in [-0.3, -0.25) is 9.69 Å². The van der Waals surface area contributed by atoms with Crippen LogP contribution in [0.15, 0.2) is 87.8 Å². The minimum absolute atomic E-state index is 0.0600. The van der Waals surface area contributed by atoms with Crippen LogP contribution in [-0.2, 0) is 0 Å². The van der Waals surface area contributed by atoms with E-state index in [1.54, 1.807) is 4.90 Å². The number of carbonyl (C=O) groups excluding carboxylic acids is 1. The van der Waals surface area contributed by atoms with E-state index in [0.717, 1.165) is 20.3 Å². The number of carbonyl (C=O) groups is 1. The molecule has 0 radical (unpaired) electrons. The van der Waals surface area contributed by atoms with Crippen LogP contribution in [0.1, 0.15) is 10.4 Å². The fourth-order valence-electron chi connectivity index (χ4n) is 2.27. The molecule has 0 aliphatic rings. The van der Waals surface area contributed by atoms with E-state index >= 15 is 0 Å². The average Bonchev–Trinajstić information content (AvgIpc) is 2.59. The lowest BCUT2D eigenvalue weighted by Gasteiger charge is -2.23. The number of benzene rings is 3. The monoisotopic (exact) mass is 429 g/mol. The molecule has 0 aliphatic heterocycles. The van der Waals surface area contributed by atoms with Crippen molar-refractivity contribution in [3.05, 3.63) is 93.4 Å². The number of anilines is 2. The molecule has 0 fully saturated rings. The number of rotatable bonds is 3. The van der Waals surface area contributed by atoms with Gasteiger partial charge in [0.25, 0.3) is 5.91 Å². The second kappa shape index (κ2) is 7.11. The Morgan fingerprint density at radius 3 is 1.52 bits per heavy atom. The van der Waals surface area contributed by atoms with Crippen molar-refractivity contribution in [1.82, 2.24) is 0 Å². The summed E-state index contributed by atoms with van der Waals surface area (Å²) in [5, 5.41) is 0. The maximum atomic E-state index is 13.0. The summed E-state index contributed by atoms with van der Waals surface area (Å²) < 4.78 is 1.95. The van der Waals surface area contributed by atoms with E-state index in [1.807, 2.05) is 78.9 Å². The molecule has 0 spiro atoms. The molecule has 23 heavy (non-hydrogen) atoms. The van der Waals surface area contributed by atoms with E-state index in [9.17, 15) is 4.79 Å². The molecule has 0 N–H and O–H groups in total. The summed E-state index contributed by atoms with van der Waals surface area (Å²) >= 11 is 6.87. The molecule has 0 aliphatic carbocycles. The fourth-order valence-corrected chi connectivity index (χ4v) is 2.80. The Morgan fingerprint density at radius 1 is 0.652 bits per heavy atom. The molecular weight excluding hydrogens is 418 g/mol. The van der Waals surface area contributed by atoms with E-state index in [2.05, 4.69) is 31.9 Å². The van der Waals surface area contributed by atoms with Gasteiger partial charge >= 0.3 is 0 Å². The third-order valence-corrected chi connectivity index (χ3v) is 4.45. The standard InChI is InChI=1S/C19H13Br2NO/c20-15-6-10-17(11-7-15)22(18-12-8-16(21)9-13-18)19(23)14-4-2-1-3-5-14/h1-13H. The molecule has 0 bridgehead atoms. The predicted molar refractivity (Wildman–Crippen MR) is 101 cm³/mol. The van der Waals surface area contributed by atoms with Gasteiger partial charge in [-0.1, -0.05) is 50.1 Å². The molecule has 114 valence electrons. The Balaban J connectivity index is 2.08. The summed E-state index contributed by atoms with van der Waals surface area (Å²) in [6, 6.07) is 24.7. The Kier molecular flexibility index (Phi) is 4.94.